The average Bonchev–Trinajstić information content (AvgIpc) is 2.60. The van der Waals surface area contributed by atoms with Crippen LogP contribution in [0.5, 0.6) is 11.5 Å². The van der Waals surface area contributed by atoms with Gasteiger partial charge in [-0.05, 0) is 38.1 Å². The molecule has 0 aliphatic rings. The van der Waals surface area contributed by atoms with E-state index in [9.17, 15) is 18.4 Å². The number of hydrogen-bond acceptors (Lipinski definition) is 4. The summed E-state index contributed by atoms with van der Waals surface area (Å²) in [7, 11) is 0. The van der Waals surface area contributed by atoms with Gasteiger partial charge in [0.15, 0.2) is 11.5 Å². The summed E-state index contributed by atoms with van der Waals surface area (Å²) in [5, 5.41) is 4.25. The fourth-order valence-corrected chi connectivity index (χ4v) is 2.10. The summed E-state index contributed by atoms with van der Waals surface area (Å²) >= 11 is 0. The lowest BCUT2D eigenvalue weighted by Gasteiger charge is -2.13. The number of benzene rings is 2. The van der Waals surface area contributed by atoms with Crippen molar-refractivity contribution in [1.29, 1.82) is 0 Å². The Morgan fingerprint density at radius 3 is 2.08 bits per heavy atom. The number of hydrogen-bond donors (Lipinski definition) is 2. The van der Waals surface area contributed by atoms with E-state index in [0.717, 1.165) is 18.2 Å². The van der Waals surface area contributed by atoms with Crippen LogP contribution >= 0.6 is 0 Å². The van der Waals surface area contributed by atoms with Crippen molar-refractivity contribution in [3.63, 3.8) is 0 Å². The van der Waals surface area contributed by atoms with Gasteiger partial charge in [0.2, 0.25) is 0 Å². The van der Waals surface area contributed by atoms with Crippen LogP contribution in [0.4, 0.5) is 20.2 Å². The molecule has 0 aliphatic carbocycles. The van der Waals surface area contributed by atoms with Crippen LogP contribution in [0.25, 0.3) is 0 Å². The number of carbonyl (C=O) groups excluding carboxylic acids is 2. The Balaban J connectivity index is 2.11. The molecule has 0 unspecified atom stereocenters. The molecule has 0 bridgehead atoms. The minimum absolute atomic E-state index is 0.269. The van der Waals surface area contributed by atoms with E-state index < -0.39 is 29.1 Å². The molecule has 0 aromatic heterocycles. The quantitative estimate of drug-likeness (QED) is 0.771. The molecule has 0 atom stereocenters. The zero-order chi connectivity index (χ0) is 19.1. The van der Waals surface area contributed by atoms with E-state index in [0.29, 0.717) is 24.7 Å². The third-order valence-electron chi connectivity index (χ3n) is 3.21. The first-order valence-corrected chi connectivity index (χ1v) is 7.92. The molecule has 2 aromatic carbocycles. The van der Waals surface area contributed by atoms with Crippen LogP contribution in [0.1, 0.15) is 13.8 Å². The second-order valence-electron chi connectivity index (χ2n) is 5.03. The maximum absolute atomic E-state index is 13.5. The molecule has 0 saturated heterocycles. The fraction of sp³-hybridized carbons (Fsp3) is 0.222. The first kappa shape index (κ1) is 19.2. The number of anilines is 2. The first-order chi connectivity index (χ1) is 12.5. The minimum atomic E-state index is -1.21. The van der Waals surface area contributed by atoms with Gasteiger partial charge in [-0.1, -0.05) is 6.07 Å². The Labute approximate surface area is 149 Å². The number of carbonyl (C=O) groups is 2. The van der Waals surface area contributed by atoms with Gasteiger partial charge in [0.25, 0.3) is 0 Å². The Bertz CT molecular complexity index is 792. The van der Waals surface area contributed by atoms with E-state index >= 15 is 0 Å². The average molecular weight is 364 g/mol. The van der Waals surface area contributed by atoms with Crippen molar-refractivity contribution in [2.24, 2.45) is 0 Å². The highest BCUT2D eigenvalue weighted by Crippen LogP contribution is 2.30. The van der Waals surface area contributed by atoms with Crippen molar-refractivity contribution in [3.8, 4) is 11.5 Å². The van der Waals surface area contributed by atoms with Crippen molar-refractivity contribution in [3.05, 3.63) is 48.0 Å². The van der Waals surface area contributed by atoms with Crippen molar-refractivity contribution < 1.29 is 27.8 Å². The molecule has 2 rings (SSSR count). The number of amides is 2. The zero-order valence-electron chi connectivity index (χ0n) is 14.3. The van der Waals surface area contributed by atoms with Crippen molar-refractivity contribution >= 4 is 23.2 Å². The molecule has 0 spiro atoms. The van der Waals surface area contributed by atoms with Crippen molar-refractivity contribution in [1.82, 2.24) is 0 Å². The Morgan fingerprint density at radius 1 is 0.885 bits per heavy atom. The second-order valence-corrected chi connectivity index (χ2v) is 5.03. The summed E-state index contributed by atoms with van der Waals surface area (Å²) in [6.45, 7) is 4.42. The maximum atomic E-state index is 13.5. The number of halogens is 2. The largest absolute Gasteiger partial charge is 0.490 e. The van der Waals surface area contributed by atoms with Gasteiger partial charge in [0.05, 0.1) is 13.2 Å². The molecule has 2 aromatic rings. The third-order valence-corrected chi connectivity index (χ3v) is 3.21. The lowest BCUT2D eigenvalue weighted by atomic mass is 10.2. The molecular weight excluding hydrogens is 346 g/mol. The summed E-state index contributed by atoms with van der Waals surface area (Å²) in [6, 6.07) is 7.68. The summed E-state index contributed by atoms with van der Waals surface area (Å²) in [5.74, 6) is -3.37. The van der Waals surface area contributed by atoms with Gasteiger partial charge in [0.1, 0.15) is 17.3 Å². The van der Waals surface area contributed by atoms with E-state index in [1.807, 2.05) is 12.2 Å². The number of ether oxygens (including phenoxy) is 2. The Kier molecular flexibility index (Phi) is 6.48. The lowest BCUT2D eigenvalue weighted by Crippen LogP contribution is -2.29. The van der Waals surface area contributed by atoms with Crippen LogP contribution in [-0.2, 0) is 9.59 Å². The van der Waals surface area contributed by atoms with Gasteiger partial charge < -0.3 is 20.1 Å². The molecular formula is C18H18F2N2O4. The van der Waals surface area contributed by atoms with E-state index in [-0.39, 0.29) is 5.69 Å². The highest BCUT2D eigenvalue weighted by atomic mass is 19.1. The minimum Gasteiger partial charge on any atom is -0.490 e. The molecule has 6 nitrogen and oxygen atoms in total. The number of nitrogens with one attached hydrogen (secondary N) is 2. The van der Waals surface area contributed by atoms with Gasteiger partial charge in [-0.25, -0.2) is 8.78 Å². The van der Waals surface area contributed by atoms with Crippen LogP contribution in [0.15, 0.2) is 36.4 Å². The summed E-state index contributed by atoms with van der Waals surface area (Å²) < 4.78 is 37.9. The van der Waals surface area contributed by atoms with Gasteiger partial charge in [-0.3, -0.25) is 9.59 Å². The number of rotatable bonds is 6. The predicted molar refractivity (Wildman–Crippen MR) is 92.4 cm³/mol. The van der Waals surface area contributed by atoms with Crippen LogP contribution in [-0.4, -0.2) is 25.0 Å². The highest BCUT2D eigenvalue weighted by molar-refractivity contribution is 6.43. The SMILES string of the molecule is CCOc1ccc(NC(=O)C(=O)Nc2c(F)cccc2F)cc1OCC. The Morgan fingerprint density at radius 2 is 1.46 bits per heavy atom. The highest BCUT2D eigenvalue weighted by Gasteiger charge is 2.19. The van der Waals surface area contributed by atoms with E-state index in [2.05, 4.69) is 5.32 Å². The smallest absolute Gasteiger partial charge is 0.314 e. The molecule has 0 heterocycles. The lowest BCUT2D eigenvalue weighted by molar-refractivity contribution is -0.133. The van der Waals surface area contributed by atoms with E-state index in [1.165, 1.54) is 12.1 Å². The molecule has 0 aliphatic heterocycles. The van der Waals surface area contributed by atoms with Crippen LogP contribution in [0, 0.1) is 11.6 Å². The van der Waals surface area contributed by atoms with Gasteiger partial charge in [0, 0.05) is 11.8 Å². The zero-order valence-corrected chi connectivity index (χ0v) is 14.3. The van der Waals surface area contributed by atoms with Crippen molar-refractivity contribution in [2.75, 3.05) is 23.8 Å². The molecule has 0 saturated carbocycles. The summed E-state index contributed by atoms with van der Waals surface area (Å²) in [5.41, 5.74) is -0.416. The van der Waals surface area contributed by atoms with Gasteiger partial charge >= 0.3 is 11.8 Å². The van der Waals surface area contributed by atoms with Crippen LogP contribution < -0.4 is 20.1 Å². The monoisotopic (exact) mass is 364 g/mol. The second kappa shape index (κ2) is 8.80. The summed E-state index contributed by atoms with van der Waals surface area (Å²) in [4.78, 5) is 23.9. The Hall–Kier alpha value is -3.16. The van der Waals surface area contributed by atoms with E-state index in [1.54, 1.807) is 13.0 Å². The van der Waals surface area contributed by atoms with Gasteiger partial charge in [-0.2, -0.15) is 0 Å². The molecule has 2 amide bonds. The van der Waals surface area contributed by atoms with E-state index in [4.69, 9.17) is 9.47 Å². The fourth-order valence-electron chi connectivity index (χ4n) is 2.10. The predicted octanol–water partition coefficient (Wildman–Crippen LogP) is 3.34. The normalized spacial score (nSPS) is 10.2. The van der Waals surface area contributed by atoms with Crippen LogP contribution in [0.2, 0.25) is 0 Å². The molecule has 138 valence electrons. The summed E-state index contributed by atoms with van der Waals surface area (Å²) in [6.07, 6.45) is 0. The maximum Gasteiger partial charge on any atom is 0.314 e. The van der Waals surface area contributed by atoms with Crippen molar-refractivity contribution in [2.45, 2.75) is 13.8 Å². The molecule has 0 radical (unpaired) electrons. The third kappa shape index (κ3) is 4.69. The first-order valence-electron chi connectivity index (χ1n) is 7.92. The molecule has 2 N–H and O–H groups in total. The number of para-hydroxylation sites is 1. The molecule has 26 heavy (non-hydrogen) atoms. The molecule has 8 heteroatoms. The molecule has 0 fully saturated rings. The standard InChI is InChI=1S/C18H18F2N2O4/c1-3-25-14-9-8-11(10-15(14)26-4-2)21-17(23)18(24)22-16-12(19)6-5-7-13(16)20/h5-10H,3-4H2,1-2H3,(H,21,23)(H,22,24). The van der Waals surface area contributed by atoms with Gasteiger partial charge in [-0.15, -0.1) is 0 Å². The topological polar surface area (TPSA) is 76.7 Å². The van der Waals surface area contributed by atoms with Crippen LogP contribution in [0.3, 0.4) is 0 Å².